The zero-order valence-electron chi connectivity index (χ0n) is 11.4. The minimum Gasteiger partial charge on any atom is -0.309 e. The van der Waals surface area contributed by atoms with E-state index in [0.29, 0.717) is 10.6 Å². The van der Waals surface area contributed by atoms with E-state index in [9.17, 15) is 4.39 Å². The van der Waals surface area contributed by atoms with Gasteiger partial charge in [0.15, 0.2) is 0 Å². The molecule has 1 atom stereocenters. The largest absolute Gasteiger partial charge is 0.309 e. The molecule has 0 saturated carbocycles. The topological polar surface area (TPSA) is 12.0 Å². The molecule has 1 aliphatic rings. The van der Waals surface area contributed by atoms with Crippen molar-refractivity contribution >= 4 is 22.9 Å². The highest BCUT2D eigenvalue weighted by molar-refractivity contribution is 7.12. The number of hydrogen-bond donors (Lipinski definition) is 1. The first kappa shape index (κ1) is 14.1. The highest BCUT2D eigenvalue weighted by Gasteiger charge is 2.21. The molecular weight excluding hydrogens is 293 g/mol. The highest BCUT2D eigenvalue weighted by atomic mass is 35.5. The molecule has 0 amide bonds. The zero-order valence-corrected chi connectivity index (χ0v) is 13.0. The zero-order chi connectivity index (χ0) is 14.1. The van der Waals surface area contributed by atoms with E-state index in [1.807, 2.05) is 18.4 Å². The molecule has 3 rings (SSSR count). The molecule has 1 aliphatic carbocycles. The van der Waals surface area contributed by atoms with Gasteiger partial charge in [0.1, 0.15) is 5.82 Å². The molecule has 106 valence electrons. The van der Waals surface area contributed by atoms with Crippen LogP contribution in [0.3, 0.4) is 0 Å². The van der Waals surface area contributed by atoms with Crippen molar-refractivity contribution in [2.24, 2.45) is 0 Å². The number of aryl methyl sites for hydroxylation is 2. The lowest BCUT2D eigenvalue weighted by molar-refractivity contribution is 0.579. The van der Waals surface area contributed by atoms with Gasteiger partial charge in [-0.05, 0) is 56.5 Å². The van der Waals surface area contributed by atoms with Gasteiger partial charge >= 0.3 is 0 Å². The molecule has 0 radical (unpaired) electrons. The normalized spacial score (nSPS) is 15.9. The Hall–Kier alpha value is -0.900. The second kappa shape index (κ2) is 5.84. The average Bonchev–Trinajstić information content (AvgIpc) is 2.85. The lowest BCUT2D eigenvalue weighted by atomic mass is 9.97. The van der Waals surface area contributed by atoms with Gasteiger partial charge < -0.3 is 5.32 Å². The van der Waals surface area contributed by atoms with Crippen molar-refractivity contribution in [2.45, 2.75) is 31.7 Å². The van der Waals surface area contributed by atoms with Crippen LogP contribution in [0.1, 0.15) is 39.8 Å². The second-order valence-corrected chi connectivity index (χ2v) is 6.80. The van der Waals surface area contributed by atoms with Crippen molar-refractivity contribution in [1.82, 2.24) is 5.32 Å². The van der Waals surface area contributed by atoms with Crippen molar-refractivity contribution in [1.29, 1.82) is 0 Å². The Balaban J connectivity index is 1.98. The Morgan fingerprint density at radius 3 is 2.75 bits per heavy atom. The van der Waals surface area contributed by atoms with Gasteiger partial charge in [-0.3, -0.25) is 0 Å². The summed E-state index contributed by atoms with van der Waals surface area (Å²) < 4.78 is 14.1. The van der Waals surface area contributed by atoms with Gasteiger partial charge in [-0.1, -0.05) is 17.7 Å². The van der Waals surface area contributed by atoms with Gasteiger partial charge in [0.05, 0.1) is 6.04 Å². The van der Waals surface area contributed by atoms with Crippen LogP contribution in [0, 0.1) is 5.82 Å². The number of benzene rings is 1. The minimum absolute atomic E-state index is 0.0946. The minimum atomic E-state index is -0.247. The van der Waals surface area contributed by atoms with E-state index >= 15 is 0 Å². The predicted molar refractivity (Wildman–Crippen MR) is 83.3 cm³/mol. The summed E-state index contributed by atoms with van der Waals surface area (Å²) in [6.45, 7) is 0. The van der Waals surface area contributed by atoms with Crippen molar-refractivity contribution < 1.29 is 4.39 Å². The number of hydrogen-bond acceptors (Lipinski definition) is 2. The molecule has 0 bridgehead atoms. The number of rotatable bonds is 3. The molecule has 4 heteroatoms. The number of halogens is 2. The van der Waals surface area contributed by atoms with E-state index in [2.05, 4.69) is 11.4 Å². The van der Waals surface area contributed by atoms with E-state index in [1.165, 1.54) is 40.6 Å². The van der Waals surface area contributed by atoms with Crippen LogP contribution in [0.25, 0.3) is 0 Å². The first-order valence-corrected chi connectivity index (χ1v) is 8.12. The molecule has 0 aliphatic heterocycles. The first-order chi connectivity index (χ1) is 9.69. The molecule has 2 aromatic rings. The maximum atomic E-state index is 14.1. The maximum absolute atomic E-state index is 14.1. The Bertz CT molecular complexity index is 599. The van der Waals surface area contributed by atoms with E-state index < -0.39 is 0 Å². The van der Waals surface area contributed by atoms with Crippen LogP contribution in [0.2, 0.25) is 5.02 Å². The third-order valence-corrected chi connectivity index (χ3v) is 5.40. The summed E-state index contributed by atoms with van der Waals surface area (Å²) in [5, 5.41) is 3.67. The van der Waals surface area contributed by atoms with Gasteiger partial charge in [-0.25, -0.2) is 4.39 Å². The van der Waals surface area contributed by atoms with E-state index in [-0.39, 0.29) is 11.9 Å². The van der Waals surface area contributed by atoms with E-state index in [0.717, 1.165) is 6.42 Å². The molecule has 0 saturated heterocycles. The van der Waals surface area contributed by atoms with Gasteiger partial charge in [0.2, 0.25) is 0 Å². The number of nitrogens with one attached hydrogen (secondary N) is 1. The Morgan fingerprint density at radius 1 is 1.25 bits per heavy atom. The fraction of sp³-hybridized carbons (Fsp3) is 0.375. The van der Waals surface area contributed by atoms with Gasteiger partial charge in [-0.2, -0.15) is 0 Å². The van der Waals surface area contributed by atoms with E-state index in [1.54, 1.807) is 12.1 Å². The lowest BCUT2D eigenvalue weighted by Crippen LogP contribution is -2.17. The molecule has 1 unspecified atom stereocenters. The fourth-order valence-corrected chi connectivity index (χ4v) is 4.39. The van der Waals surface area contributed by atoms with Crippen LogP contribution in [0.4, 0.5) is 4.39 Å². The van der Waals surface area contributed by atoms with Crippen molar-refractivity contribution in [3.63, 3.8) is 0 Å². The highest BCUT2D eigenvalue weighted by Crippen LogP contribution is 2.36. The van der Waals surface area contributed by atoms with Crippen LogP contribution < -0.4 is 5.32 Å². The van der Waals surface area contributed by atoms with Crippen molar-refractivity contribution in [2.75, 3.05) is 7.05 Å². The Labute approximate surface area is 127 Å². The molecule has 1 aromatic heterocycles. The first-order valence-electron chi connectivity index (χ1n) is 6.92. The summed E-state index contributed by atoms with van der Waals surface area (Å²) in [6, 6.07) is 7.06. The van der Waals surface area contributed by atoms with Crippen LogP contribution in [0.5, 0.6) is 0 Å². The Morgan fingerprint density at radius 2 is 2.05 bits per heavy atom. The molecular formula is C16H17ClFNS. The van der Waals surface area contributed by atoms with Crippen molar-refractivity contribution in [3.05, 3.63) is 56.0 Å². The smallest absolute Gasteiger partial charge is 0.129 e. The third kappa shape index (κ3) is 2.62. The monoisotopic (exact) mass is 309 g/mol. The third-order valence-electron chi connectivity index (χ3n) is 3.86. The fourth-order valence-electron chi connectivity index (χ4n) is 2.84. The molecule has 1 nitrogen and oxygen atoms in total. The summed E-state index contributed by atoms with van der Waals surface area (Å²) >= 11 is 7.65. The molecule has 1 N–H and O–H groups in total. The summed E-state index contributed by atoms with van der Waals surface area (Å²) in [5.74, 6) is -0.247. The second-order valence-electron chi connectivity index (χ2n) is 5.19. The Kier molecular flexibility index (Phi) is 4.11. The van der Waals surface area contributed by atoms with E-state index in [4.69, 9.17) is 11.6 Å². The van der Waals surface area contributed by atoms with Gasteiger partial charge in [0.25, 0.3) is 0 Å². The molecule has 0 fully saturated rings. The summed E-state index contributed by atoms with van der Waals surface area (Å²) in [4.78, 5) is 2.67. The van der Waals surface area contributed by atoms with Crippen LogP contribution in [-0.2, 0) is 12.8 Å². The van der Waals surface area contributed by atoms with Crippen molar-refractivity contribution in [3.8, 4) is 0 Å². The molecule has 20 heavy (non-hydrogen) atoms. The summed E-state index contributed by atoms with van der Waals surface area (Å²) in [5.41, 5.74) is 2.11. The maximum Gasteiger partial charge on any atom is 0.129 e. The standard InChI is InChI=1S/C16H17ClFNS/c1-19-16(12-7-6-11(17)9-13(12)18)15-8-10-4-2-3-5-14(10)20-15/h6-9,16,19H,2-5H2,1H3. The quantitative estimate of drug-likeness (QED) is 0.864. The predicted octanol–water partition coefficient (Wildman–Crippen LogP) is 4.73. The average molecular weight is 310 g/mol. The van der Waals surface area contributed by atoms with Crippen LogP contribution in [0.15, 0.2) is 24.3 Å². The van der Waals surface area contributed by atoms with Crippen LogP contribution >= 0.6 is 22.9 Å². The molecule has 1 heterocycles. The number of thiophene rings is 1. The van der Waals surface area contributed by atoms with Gasteiger partial charge in [-0.15, -0.1) is 11.3 Å². The SMILES string of the molecule is CNC(c1cc2c(s1)CCCC2)c1ccc(Cl)cc1F. The lowest BCUT2D eigenvalue weighted by Gasteiger charge is -2.16. The molecule has 0 spiro atoms. The summed E-state index contributed by atoms with van der Waals surface area (Å²) in [7, 11) is 1.87. The van der Waals surface area contributed by atoms with Crippen LogP contribution in [-0.4, -0.2) is 7.05 Å². The summed E-state index contributed by atoms with van der Waals surface area (Å²) in [6.07, 6.45) is 4.86. The van der Waals surface area contributed by atoms with Gasteiger partial charge in [0, 0.05) is 20.3 Å². The number of fused-ring (bicyclic) bond motifs is 1. The molecule has 1 aromatic carbocycles.